The SMILES string of the molecule is O=C1COC(c2c[nH]nc2-c2ccccc2)N1. The Labute approximate surface area is 97.8 Å². The van der Waals surface area contributed by atoms with E-state index in [9.17, 15) is 4.79 Å². The second kappa shape index (κ2) is 4.03. The lowest BCUT2D eigenvalue weighted by atomic mass is 10.1. The average Bonchev–Trinajstić information content (AvgIpc) is 2.98. The van der Waals surface area contributed by atoms with Crippen LogP contribution in [0.15, 0.2) is 36.5 Å². The molecular formula is C12H11N3O2. The summed E-state index contributed by atoms with van der Waals surface area (Å²) >= 11 is 0. The molecule has 5 nitrogen and oxygen atoms in total. The van der Waals surface area contributed by atoms with Gasteiger partial charge in [0.25, 0.3) is 0 Å². The second-order valence-corrected chi connectivity index (χ2v) is 3.81. The fraction of sp³-hybridized carbons (Fsp3) is 0.167. The minimum atomic E-state index is -0.406. The average molecular weight is 229 g/mol. The van der Waals surface area contributed by atoms with E-state index in [0.717, 1.165) is 16.8 Å². The molecule has 0 radical (unpaired) electrons. The molecule has 1 aliphatic heterocycles. The van der Waals surface area contributed by atoms with E-state index in [-0.39, 0.29) is 12.5 Å². The second-order valence-electron chi connectivity index (χ2n) is 3.81. The monoisotopic (exact) mass is 229 g/mol. The first-order valence-electron chi connectivity index (χ1n) is 5.34. The van der Waals surface area contributed by atoms with E-state index in [0.29, 0.717) is 0 Å². The summed E-state index contributed by atoms with van der Waals surface area (Å²) in [6, 6.07) is 9.78. The largest absolute Gasteiger partial charge is 0.344 e. The van der Waals surface area contributed by atoms with Crippen molar-refractivity contribution in [1.82, 2.24) is 15.5 Å². The number of nitrogens with zero attached hydrogens (tertiary/aromatic N) is 1. The van der Waals surface area contributed by atoms with Crippen LogP contribution in [0.4, 0.5) is 0 Å². The summed E-state index contributed by atoms with van der Waals surface area (Å²) in [5.41, 5.74) is 2.65. The highest BCUT2D eigenvalue weighted by atomic mass is 16.5. The number of aromatic amines is 1. The fourth-order valence-corrected chi connectivity index (χ4v) is 1.88. The van der Waals surface area contributed by atoms with Crippen LogP contribution in [0, 0.1) is 0 Å². The summed E-state index contributed by atoms with van der Waals surface area (Å²) < 4.78 is 5.35. The number of carbonyl (C=O) groups is 1. The number of amides is 1. The molecule has 0 aliphatic carbocycles. The molecule has 1 saturated heterocycles. The predicted molar refractivity (Wildman–Crippen MR) is 60.9 cm³/mol. The molecule has 2 N–H and O–H groups in total. The van der Waals surface area contributed by atoms with Crippen LogP contribution in [0.5, 0.6) is 0 Å². The molecule has 1 aromatic heterocycles. The number of aromatic nitrogens is 2. The Morgan fingerprint density at radius 3 is 2.82 bits per heavy atom. The Bertz CT molecular complexity index is 536. The maximum atomic E-state index is 11.1. The molecule has 2 aromatic rings. The lowest BCUT2D eigenvalue weighted by Gasteiger charge is -2.09. The third kappa shape index (κ3) is 1.81. The summed E-state index contributed by atoms with van der Waals surface area (Å²) in [5.74, 6) is -0.102. The van der Waals surface area contributed by atoms with Gasteiger partial charge in [0.15, 0.2) is 6.23 Å². The molecule has 1 atom stereocenters. The van der Waals surface area contributed by atoms with Gasteiger partial charge >= 0.3 is 0 Å². The molecule has 0 saturated carbocycles. The van der Waals surface area contributed by atoms with E-state index in [1.54, 1.807) is 6.20 Å². The highest BCUT2D eigenvalue weighted by Gasteiger charge is 2.26. The summed E-state index contributed by atoms with van der Waals surface area (Å²) in [7, 11) is 0. The molecule has 2 heterocycles. The van der Waals surface area contributed by atoms with Crippen LogP contribution < -0.4 is 5.32 Å². The minimum absolute atomic E-state index is 0.101. The van der Waals surface area contributed by atoms with E-state index >= 15 is 0 Å². The quantitative estimate of drug-likeness (QED) is 0.813. The van der Waals surface area contributed by atoms with Gasteiger partial charge in [-0.2, -0.15) is 5.10 Å². The van der Waals surface area contributed by atoms with Crippen molar-refractivity contribution in [3.8, 4) is 11.3 Å². The van der Waals surface area contributed by atoms with Gasteiger partial charge < -0.3 is 10.1 Å². The standard InChI is InChI=1S/C12H11N3O2/c16-10-7-17-12(14-10)9-6-13-15-11(9)8-4-2-1-3-5-8/h1-6,12H,7H2,(H,13,15)(H,14,16). The highest BCUT2D eigenvalue weighted by molar-refractivity contribution is 5.79. The fourth-order valence-electron chi connectivity index (χ4n) is 1.88. The smallest absolute Gasteiger partial charge is 0.248 e. The molecule has 0 spiro atoms. The van der Waals surface area contributed by atoms with Crippen molar-refractivity contribution in [2.75, 3.05) is 6.61 Å². The number of benzene rings is 1. The van der Waals surface area contributed by atoms with Crippen LogP contribution in [0.2, 0.25) is 0 Å². The summed E-state index contributed by atoms with van der Waals surface area (Å²) in [6.45, 7) is 0.101. The number of nitrogens with one attached hydrogen (secondary N) is 2. The Morgan fingerprint density at radius 1 is 1.29 bits per heavy atom. The molecule has 17 heavy (non-hydrogen) atoms. The van der Waals surface area contributed by atoms with E-state index in [2.05, 4.69) is 15.5 Å². The zero-order chi connectivity index (χ0) is 11.7. The van der Waals surface area contributed by atoms with Gasteiger partial charge in [0.2, 0.25) is 5.91 Å². The molecule has 5 heteroatoms. The van der Waals surface area contributed by atoms with Gasteiger partial charge in [-0.1, -0.05) is 30.3 Å². The van der Waals surface area contributed by atoms with Crippen LogP contribution in [0.25, 0.3) is 11.3 Å². The number of carbonyl (C=O) groups excluding carboxylic acids is 1. The third-order valence-electron chi connectivity index (χ3n) is 2.67. The van der Waals surface area contributed by atoms with Gasteiger partial charge in [0, 0.05) is 17.3 Å². The van der Waals surface area contributed by atoms with Gasteiger partial charge in [-0.05, 0) is 0 Å². The molecule has 1 unspecified atom stereocenters. The number of hydrogen-bond acceptors (Lipinski definition) is 3. The molecule has 1 aromatic carbocycles. The molecule has 3 rings (SSSR count). The van der Waals surface area contributed by atoms with Crippen LogP contribution in [0.1, 0.15) is 11.8 Å². The summed E-state index contributed by atoms with van der Waals surface area (Å²) in [4.78, 5) is 11.1. The van der Waals surface area contributed by atoms with E-state index in [1.807, 2.05) is 30.3 Å². The maximum absolute atomic E-state index is 11.1. The lowest BCUT2D eigenvalue weighted by molar-refractivity contribution is -0.119. The number of H-pyrrole nitrogens is 1. The summed E-state index contributed by atoms with van der Waals surface area (Å²) in [5, 5.41) is 9.75. The lowest BCUT2D eigenvalue weighted by Crippen LogP contribution is -2.19. The third-order valence-corrected chi connectivity index (χ3v) is 2.67. The van der Waals surface area contributed by atoms with Gasteiger partial charge in [0.05, 0.1) is 5.69 Å². The van der Waals surface area contributed by atoms with E-state index in [1.165, 1.54) is 0 Å². The first-order valence-corrected chi connectivity index (χ1v) is 5.34. The molecule has 1 fully saturated rings. The number of ether oxygens (including phenoxy) is 1. The predicted octanol–water partition coefficient (Wildman–Crippen LogP) is 1.22. The van der Waals surface area contributed by atoms with Crippen molar-refractivity contribution in [3.63, 3.8) is 0 Å². The van der Waals surface area contributed by atoms with Gasteiger partial charge in [-0.25, -0.2) is 0 Å². The zero-order valence-electron chi connectivity index (χ0n) is 9.01. The number of rotatable bonds is 2. The van der Waals surface area contributed by atoms with Crippen molar-refractivity contribution in [1.29, 1.82) is 0 Å². The van der Waals surface area contributed by atoms with Crippen molar-refractivity contribution in [2.24, 2.45) is 0 Å². The van der Waals surface area contributed by atoms with Gasteiger partial charge in [0.1, 0.15) is 6.61 Å². The number of hydrogen-bond donors (Lipinski definition) is 2. The molecule has 1 amide bonds. The first kappa shape index (κ1) is 10.0. The van der Waals surface area contributed by atoms with Gasteiger partial charge in [-0.3, -0.25) is 9.89 Å². The topological polar surface area (TPSA) is 67.0 Å². The van der Waals surface area contributed by atoms with Crippen LogP contribution in [-0.4, -0.2) is 22.7 Å². The normalized spacial score (nSPS) is 19.3. The van der Waals surface area contributed by atoms with Crippen LogP contribution in [0.3, 0.4) is 0 Å². The Morgan fingerprint density at radius 2 is 2.12 bits per heavy atom. The Hall–Kier alpha value is -2.14. The van der Waals surface area contributed by atoms with Crippen LogP contribution >= 0.6 is 0 Å². The molecule has 0 bridgehead atoms. The zero-order valence-corrected chi connectivity index (χ0v) is 9.01. The van der Waals surface area contributed by atoms with E-state index in [4.69, 9.17) is 4.74 Å². The van der Waals surface area contributed by atoms with Crippen molar-refractivity contribution in [3.05, 3.63) is 42.1 Å². The molecular weight excluding hydrogens is 218 g/mol. The molecule has 86 valence electrons. The first-order chi connectivity index (χ1) is 8.34. The summed E-state index contributed by atoms with van der Waals surface area (Å²) in [6.07, 6.45) is 1.34. The molecule has 1 aliphatic rings. The Balaban J connectivity index is 1.97. The van der Waals surface area contributed by atoms with E-state index < -0.39 is 6.23 Å². The highest BCUT2D eigenvalue weighted by Crippen LogP contribution is 2.28. The van der Waals surface area contributed by atoms with Crippen LogP contribution in [-0.2, 0) is 9.53 Å². The minimum Gasteiger partial charge on any atom is -0.344 e. The van der Waals surface area contributed by atoms with Crippen molar-refractivity contribution in [2.45, 2.75) is 6.23 Å². The van der Waals surface area contributed by atoms with Crippen molar-refractivity contribution < 1.29 is 9.53 Å². The Kier molecular flexibility index (Phi) is 2.38. The maximum Gasteiger partial charge on any atom is 0.248 e. The van der Waals surface area contributed by atoms with Gasteiger partial charge in [-0.15, -0.1) is 0 Å². The van der Waals surface area contributed by atoms with Crippen molar-refractivity contribution >= 4 is 5.91 Å².